The molecule has 1 aliphatic heterocycles. The molecule has 0 spiro atoms. The summed E-state index contributed by atoms with van der Waals surface area (Å²) in [5, 5.41) is 7.15. The predicted molar refractivity (Wildman–Crippen MR) is 134 cm³/mol. The molecule has 2 atom stereocenters. The van der Waals surface area contributed by atoms with Crippen molar-refractivity contribution in [1.29, 1.82) is 0 Å². The summed E-state index contributed by atoms with van der Waals surface area (Å²) in [6.07, 6.45) is 3.45. The first-order valence-electron chi connectivity index (χ1n) is 11.6. The lowest BCUT2D eigenvalue weighted by molar-refractivity contribution is -0.140. The predicted octanol–water partition coefficient (Wildman–Crippen LogP) is 5.10. The summed E-state index contributed by atoms with van der Waals surface area (Å²) in [5.74, 6) is -0.398. The van der Waals surface area contributed by atoms with E-state index in [1.807, 2.05) is 43.3 Å². The van der Waals surface area contributed by atoms with Gasteiger partial charge in [-0.25, -0.2) is 0 Å². The highest BCUT2D eigenvalue weighted by Gasteiger charge is 2.33. The number of amides is 2. The first-order valence-corrected chi connectivity index (χ1v) is 12.0. The summed E-state index contributed by atoms with van der Waals surface area (Å²) in [6.45, 7) is 4.12. The topological polar surface area (TPSA) is 87.7 Å². The number of esters is 1. The van der Waals surface area contributed by atoms with E-state index in [0.717, 1.165) is 36.2 Å². The second-order valence-corrected chi connectivity index (χ2v) is 9.03. The second-order valence-electron chi connectivity index (χ2n) is 8.59. The van der Waals surface area contributed by atoms with Crippen LogP contribution in [0.1, 0.15) is 67.9 Å². The Morgan fingerprint density at radius 3 is 2.50 bits per heavy atom. The second kappa shape index (κ2) is 11.9. The van der Waals surface area contributed by atoms with Gasteiger partial charge in [-0.1, -0.05) is 18.0 Å². The van der Waals surface area contributed by atoms with E-state index in [4.69, 9.17) is 11.6 Å². The van der Waals surface area contributed by atoms with Gasteiger partial charge in [-0.15, -0.1) is 0 Å². The fourth-order valence-corrected chi connectivity index (χ4v) is 4.47. The van der Waals surface area contributed by atoms with Crippen molar-refractivity contribution in [1.82, 2.24) is 5.32 Å². The zero-order chi connectivity index (χ0) is 24.7. The van der Waals surface area contributed by atoms with Crippen LogP contribution in [0.2, 0.25) is 5.02 Å². The minimum absolute atomic E-state index is 0.0134. The van der Waals surface area contributed by atoms with Gasteiger partial charge in [-0.3, -0.25) is 14.4 Å². The van der Waals surface area contributed by atoms with Crippen LogP contribution in [0, 0.1) is 0 Å². The standard InChI is InChI=1S/C26H32ClN3O4/c1-17-15-23(29-21-11-9-20(27)10-12-21)22-16-19(8-13-24(22)30(17)18(2)31)26(33)28-14-6-4-5-7-25(32)34-3/h8-13,16-17,23,29H,4-7,14-15H2,1-3H3,(H,28,33). The number of carbonyl (C=O) groups excluding carboxylic acids is 3. The van der Waals surface area contributed by atoms with Crippen LogP contribution in [0.4, 0.5) is 11.4 Å². The van der Waals surface area contributed by atoms with Crippen molar-refractivity contribution < 1.29 is 19.1 Å². The third-order valence-corrected chi connectivity index (χ3v) is 6.29. The van der Waals surface area contributed by atoms with E-state index >= 15 is 0 Å². The number of carbonyl (C=O) groups is 3. The average molecular weight is 486 g/mol. The summed E-state index contributed by atoms with van der Waals surface area (Å²) in [5.41, 5.74) is 3.20. The van der Waals surface area contributed by atoms with Gasteiger partial charge in [-0.05, 0) is 74.2 Å². The molecule has 2 aromatic carbocycles. The number of halogens is 1. The molecule has 182 valence electrons. The number of hydrogen-bond donors (Lipinski definition) is 2. The zero-order valence-electron chi connectivity index (χ0n) is 19.9. The molecule has 1 aliphatic rings. The van der Waals surface area contributed by atoms with E-state index in [1.165, 1.54) is 7.11 Å². The molecule has 34 heavy (non-hydrogen) atoms. The van der Waals surface area contributed by atoms with Crippen molar-refractivity contribution in [3.8, 4) is 0 Å². The summed E-state index contributed by atoms with van der Waals surface area (Å²) in [7, 11) is 1.38. The minimum Gasteiger partial charge on any atom is -0.469 e. The van der Waals surface area contributed by atoms with Crippen LogP contribution in [0.5, 0.6) is 0 Å². The van der Waals surface area contributed by atoms with Crippen LogP contribution in [-0.2, 0) is 14.3 Å². The van der Waals surface area contributed by atoms with Crippen LogP contribution in [-0.4, -0.2) is 37.5 Å². The van der Waals surface area contributed by atoms with Gasteiger partial charge in [0.1, 0.15) is 0 Å². The largest absolute Gasteiger partial charge is 0.469 e. The average Bonchev–Trinajstić information content (AvgIpc) is 2.81. The third-order valence-electron chi connectivity index (χ3n) is 6.04. The molecule has 0 aliphatic carbocycles. The molecule has 0 radical (unpaired) electrons. The number of rotatable bonds is 9. The molecule has 1 heterocycles. The van der Waals surface area contributed by atoms with Crippen molar-refractivity contribution in [2.75, 3.05) is 23.9 Å². The number of anilines is 2. The highest BCUT2D eigenvalue weighted by atomic mass is 35.5. The van der Waals surface area contributed by atoms with Crippen LogP contribution >= 0.6 is 11.6 Å². The van der Waals surface area contributed by atoms with Crippen molar-refractivity contribution in [2.24, 2.45) is 0 Å². The SMILES string of the molecule is COC(=O)CCCCCNC(=O)c1ccc2c(c1)C(Nc1ccc(Cl)cc1)CC(C)N2C(C)=O. The Bertz CT molecular complexity index is 1030. The number of nitrogens with zero attached hydrogens (tertiary/aromatic N) is 1. The molecule has 3 rings (SSSR count). The Morgan fingerprint density at radius 1 is 1.09 bits per heavy atom. The number of unbranched alkanes of at least 4 members (excludes halogenated alkanes) is 2. The van der Waals surface area contributed by atoms with Gasteiger partial charge in [0.15, 0.2) is 0 Å². The van der Waals surface area contributed by atoms with Gasteiger partial charge >= 0.3 is 5.97 Å². The minimum atomic E-state index is -0.214. The number of ether oxygens (including phenoxy) is 1. The fraction of sp³-hybridized carbons (Fsp3) is 0.423. The quantitative estimate of drug-likeness (QED) is 0.381. The van der Waals surface area contributed by atoms with E-state index in [0.29, 0.717) is 30.0 Å². The van der Waals surface area contributed by atoms with Crippen molar-refractivity contribution >= 4 is 40.8 Å². The third kappa shape index (κ3) is 6.50. The summed E-state index contributed by atoms with van der Waals surface area (Å²) < 4.78 is 4.63. The summed E-state index contributed by atoms with van der Waals surface area (Å²) >= 11 is 6.02. The number of methoxy groups -OCH3 is 1. The lowest BCUT2D eigenvalue weighted by Gasteiger charge is -2.39. The maximum absolute atomic E-state index is 12.8. The molecule has 0 bridgehead atoms. The molecule has 2 N–H and O–H groups in total. The smallest absolute Gasteiger partial charge is 0.305 e. The molecule has 7 nitrogen and oxygen atoms in total. The Labute approximate surface area is 205 Å². The molecule has 0 saturated carbocycles. The highest BCUT2D eigenvalue weighted by Crippen LogP contribution is 2.39. The Hall–Kier alpha value is -3.06. The molecule has 0 aromatic heterocycles. The summed E-state index contributed by atoms with van der Waals surface area (Å²) in [6, 6.07) is 12.9. The van der Waals surface area contributed by atoms with Crippen molar-refractivity contribution in [2.45, 2.75) is 58.0 Å². The maximum atomic E-state index is 12.8. The van der Waals surface area contributed by atoms with Gasteiger partial charge in [0.05, 0.1) is 13.2 Å². The van der Waals surface area contributed by atoms with E-state index in [9.17, 15) is 14.4 Å². The Kier molecular flexibility index (Phi) is 8.93. The number of fused-ring (bicyclic) bond motifs is 1. The zero-order valence-corrected chi connectivity index (χ0v) is 20.7. The molecule has 0 saturated heterocycles. The monoisotopic (exact) mass is 485 g/mol. The normalized spacial score (nSPS) is 17.0. The van der Waals surface area contributed by atoms with Gasteiger partial charge in [0.25, 0.3) is 5.91 Å². The number of nitrogens with one attached hydrogen (secondary N) is 2. The molecule has 2 aromatic rings. The van der Waals surface area contributed by atoms with Gasteiger partial charge in [0.2, 0.25) is 5.91 Å². The molecule has 0 fully saturated rings. The van der Waals surface area contributed by atoms with Crippen LogP contribution in [0.25, 0.3) is 0 Å². The molecule has 2 amide bonds. The van der Waals surface area contributed by atoms with Crippen molar-refractivity contribution in [3.05, 3.63) is 58.6 Å². The Balaban J connectivity index is 1.72. The highest BCUT2D eigenvalue weighted by molar-refractivity contribution is 6.30. The van der Waals surface area contributed by atoms with E-state index in [2.05, 4.69) is 15.4 Å². The van der Waals surface area contributed by atoms with Crippen LogP contribution in [0.3, 0.4) is 0 Å². The van der Waals surface area contributed by atoms with Gasteiger partial charge in [0, 0.05) is 47.9 Å². The Morgan fingerprint density at radius 2 is 1.82 bits per heavy atom. The van der Waals surface area contributed by atoms with E-state index in [-0.39, 0.29) is 29.9 Å². The van der Waals surface area contributed by atoms with Crippen molar-refractivity contribution in [3.63, 3.8) is 0 Å². The first kappa shape index (κ1) is 25.6. The van der Waals surface area contributed by atoms with Gasteiger partial charge in [-0.2, -0.15) is 0 Å². The first-order chi connectivity index (χ1) is 16.3. The van der Waals surface area contributed by atoms with E-state index in [1.54, 1.807) is 17.9 Å². The van der Waals surface area contributed by atoms with Crippen LogP contribution < -0.4 is 15.5 Å². The van der Waals surface area contributed by atoms with Gasteiger partial charge < -0.3 is 20.3 Å². The maximum Gasteiger partial charge on any atom is 0.305 e. The molecule has 8 heteroatoms. The number of benzene rings is 2. The molecular formula is C26H32ClN3O4. The fourth-order valence-electron chi connectivity index (χ4n) is 4.35. The number of hydrogen-bond acceptors (Lipinski definition) is 5. The summed E-state index contributed by atoms with van der Waals surface area (Å²) in [4.78, 5) is 38.1. The molecule has 2 unspecified atom stereocenters. The lowest BCUT2D eigenvalue weighted by atomic mass is 9.90. The van der Waals surface area contributed by atoms with Crippen LogP contribution in [0.15, 0.2) is 42.5 Å². The van der Waals surface area contributed by atoms with E-state index < -0.39 is 0 Å². The molecular weight excluding hydrogens is 454 g/mol. The lowest BCUT2D eigenvalue weighted by Crippen LogP contribution is -2.43.